The molecule has 2 aromatic heterocycles. The van der Waals surface area contributed by atoms with Gasteiger partial charge in [-0.2, -0.15) is 4.98 Å². The molecule has 0 aliphatic carbocycles. The van der Waals surface area contributed by atoms with Crippen molar-refractivity contribution in [2.45, 2.75) is 13.5 Å². The summed E-state index contributed by atoms with van der Waals surface area (Å²) in [6.45, 7) is 6.82. The van der Waals surface area contributed by atoms with Crippen molar-refractivity contribution in [1.82, 2.24) is 28.9 Å². The highest BCUT2D eigenvalue weighted by Crippen LogP contribution is 2.32. The summed E-state index contributed by atoms with van der Waals surface area (Å²) in [5.41, 5.74) is 2.14. The van der Waals surface area contributed by atoms with E-state index in [2.05, 4.69) is 40.1 Å². The number of ether oxygens (including phenoxy) is 2. The summed E-state index contributed by atoms with van der Waals surface area (Å²) in [6.07, 6.45) is 5.36. The van der Waals surface area contributed by atoms with Gasteiger partial charge in [-0.25, -0.2) is 9.97 Å². The highest BCUT2D eigenvalue weighted by molar-refractivity contribution is 5.45. The smallest absolute Gasteiger partial charge is 0.240 e. The molecule has 0 atom stereocenters. The molecule has 4 rings (SSSR count). The number of aromatic nitrogens is 4. The molecule has 3 heterocycles. The van der Waals surface area contributed by atoms with Crippen LogP contribution in [-0.2, 0) is 6.54 Å². The molecule has 8 nitrogen and oxygen atoms in total. The van der Waals surface area contributed by atoms with E-state index in [9.17, 15) is 0 Å². The van der Waals surface area contributed by atoms with E-state index in [1.54, 1.807) is 26.7 Å². The van der Waals surface area contributed by atoms with Gasteiger partial charge in [-0.15, -0.1) is 0 Å². The van der Waals surface area contributed by atoms with Gasteiger partial charge in [0.1, 0.15) is 12.9 Å². The van der Waals surface area contributed by atoms with Crippen molar-refractivity contribution < 1.29 is 9.47 Å². The molecule has 0 bridgehead atoms. The summed E-state index contributed by atoms with van der Waals surface area (Å²) in [5, 5.41) is 0. The minimum atomic E-state index is 0.659. The number of piperazine rings is 1. The van der Waals surface area contributed by atoms with E-state index < -0.39 is 0 Å². The quantitative estimate of drug-likeness (QED) is 0.583. The summed E-state index contributed by atoms with van der Waals surface area (Å²) in [7, 11) is 5.51. The van der Waals surface area contributed by atoms with Gasteiger partial charge < -0.3 is 9.47 Å². The molecule has 0 spiro atoms. The Labute approximate surface area is 177 Å². The van der Waals surface area contributed by atoms with Crippen LogP contribution in [0.5, 0.6) is 11.5 Å². The molecular formula is C22H29N6O2+. The van der Waals surface area contributed by atoms with Gasteiger partial charge in [0, 0.05) is 42.8 Å². The number of rotatable bonds is 6. The van der Waals surface area contributed by atoms with Crippen LogP contribution in [0.15, 0.2) is 43.0 Å². The lowest BCUT2D eigenvalue weighted by Crippen LogP contribution is -2.59. The van der Waals surface area contributed by atoms with E-state index in [1.807, 2.05) is 23.8 Å². The van der Waals surface area contributed by atoms with Crippen molar-refractivity contribution in [1.29, 1.82) is 0 Å². The lowest BCUT2D eigenvalue weighted by molar-refractivity contribution is 0.146. The number of methoxy groups -OCH3 is 2. The molecule has 1 saturated heterocycles. The Bertz CT molecular complexity index is 997. The fourth-order valence-electron chi connectivity index (χ4n) is 4.02. The van der Waals surface area contributed by atoms with Crippen molar-refractivity contribution in [3.8, 4) is 17.4 Å². The SMILES string of the molecule is COc1ccc(C[N+]2(c3cc(C)nc(-n4ccnc4)n3)CCN(C)CC2)cc1OC. The lowest BCUT2D eigenvalue weighted by Gasteiger charge is -2.42. The van der Waals surface area contributed by atoms with Gasteiger partial charge in [0.15, 0.2) is 11.5 Å². The van der Waals surface area contributed by atoms with Crippen molar-refractivity contribution >= 4 is 5.82 Å². The molecular weight excluding hydrogens is 380 g/mol. The maximum absolute atomic E-state index is 5.53. The molecule has 1 fully saturated rings. The summed E-state index contributed by atoms with van der Waals surface area (Å²) in [4.78, 5) is 16.1. The Morgan fingerprint density at radius 3 is 2.47 bits per heavy atom. The third-order valence-electron chi connectivity index (χ3n) is 5.80. The second-order valence-electron chi connectivity index (χ2n) is 7.88. The van der Waals surface area contributed by atoms with Gasteiger partial charge >= 0.3 is 0 Å². The first-order valence-electron chi connectivity index (χ1n) is 10.1. The van der Waals surface area contributed by atoms with Gasteiger partial charge in [0.05, 0.1) is 27.3 Å². The molecule has 30 heavy (non-hydrogen) atoms. The number of aryl methyl sites for hydroxylation is 1. The van der Waals surface area contributed by atoms with Crippen LogP contribution in [0.25, 0.3) is 5.95 Å². The zero-order chi connectivity index (χ0) is 21.1. The second kappa shape index (κ2) is 8.41. The Kier molecular flexibility index (Phi) is 5.69. The van der Waals surface area contributed by atoms with Gasteiger partial charge in [-0.1, -0.05) is 0 Å². The summed E-state index contributed by atoms with van der Waals surface area (Å²) in [6, 6.07) is 8.28. The number of benzene rings is 1. The monoisotopic (exact) mass is 409 g/mol. The van der Waals surface area contributed by atoms with Crippen LogP contribution in [0.4, 0.5) is 5.82 Å². The predicted octanol–water partition coefficient (Wildman–Crippen LogP) is 2.44. The van der Waals surface area contributed by atoms with Crippen molar-refractivity contribution in [2.24, 2.45) is 0 Å². The third-order valence-corrected chi connectivity index (χ3v) is 5.80. The Morgan fingerprint density at radius 1 is 1.03 bits per heavy atom. The fraction of sp³-hybridized carbons (Fsp3) is 0.409. The van der Waals surface area contributed by atoms with Crippen LogP contribution < -0.4 is 14.0 Å². The first-order chi connectivity index (χ1) is 14.5. The number of quaternary nitrogens is 1. The zero-order valence-corrected chi connectivity index (χ0v) is 18.1. The van der Waals surface area contributed by atoms with Crippen LogP contribution in [0, 0.1) is 6.92 Å². The summed E-state index contributed by atoms with van der Waals surface area (Å²) >= 11 is 0. The molecule has 8 heteroatoms. The molecule has 0 unspecified atom stereocenters. The molecule has 1 aromatic carbocycles. The molecule has 0 radical (unpaired) electrons. The van der Waals surface area contributed by atoms with Crippen LogP contribution in [0.1, 0.15) is 11.3 Å². The highest BCUT2D eigenvalue weighted by atomic mass is 16.5. The maximum atomic E-state index is 5.53. The van der Waals surface area contributed by atoms with E-state index in [0.29, 0.717) is 5.95 Å². The molecule has 1 aliphatic rings. The average molecular weight is 410 g/mol. The number of hydrogen-bond donors (Lipinski definition) is 0. The minimum absolute atomic E-state index is 0.659. The van der Waals surface area contributed by atoms with E-state index in [4.69, 9.17) is 14.5 Å². The maximum Gasteiger partial charge on any atom is 0.240 e. The van der Waals surface area contributed by atoms with Crippen molar-refractivity contribution in [3.63, 3.8) is 0 Å². The normalized spacial score (nSPS) is 16.4. The molecule has 3 aromatic rings. The van der Waals surface area contributed by atoms with E-state index >= 15 is 0 Å². The minimum Gasteiger partial charge on any atom is -0.493 e. The van der Waals surface area contributed by atoms with Gasteiger partial charge in [-0.3, -0.25) is 14.0 Å². The molecule has 0 amide bonds. The summed E-state index contributed by atoms with van der Waals surface area (Å²) < 4.78 is 13.6. The van der Waals surface area contributed by atoms with E-state index in [1.165, 1.54) is 5.56 Å². The van der Waals surface area contributed by atoms with Crippen LogP contribution >= 0.6 is 0 Å². The van der Waals surface area contributed by atoms with Gasteiger partial charge in [0.25, 0.3) is 0 Å². The zero-order valence-electron chi connectivity index (χ0n) is 18.1. The molecule has 158 valence electrons. The number of hydrogen-bond acceptors (Lipinski definition) is 6. The van der Waals surface area contributed by atoms with Crippen LogP contribution in [-0.4, -0.2) is 71.9 Å². The predicted molar refractivity (Wildman–Crippen MR) is 116 cm³/mol. The van der Waals surface area contributed by atoms with Crippen LogP contribution in [0.2, 0.25) is 0 Å². The number of likely N-dealkylation sites (N-methyl/N-ethyl adjacent to an activating group) is 1. The third kappa shape index (κ3) is 4.01. The highest BCUT2D eigenvalue weighted by Gasteiger charge is 2.37. The van der Waals surface area contributed by atoms with E-state index in [0.717, 1.165) is 60.2 Å². The second-order valence-corrected chi connectivity index (χ2v) is 7.88. The molecule has 0 N–H and O–H groups in total. The average Bonchev–Trinajstić information content (AvgIpc) is 3.30. The Morgan fingerprint density at radius 2 is 1.80 bits per heavy atom. The number of imidazole rings is 1. The van der Waals surface area contributed by atoms with Crippen molar-refractivity contribution in [3.05, 3.63) is 54.2 Å². The molecule has 1 aliphatic heterocycles. The standard InChI is InChI=1S/C22H29N6O2/c1-17-13-21(25-22(24-17)27-8-7-23-16-27)28(11-9-26(2)10-12-28)15-18-5-6-19(29-3)20(14-18)30-4/h5-8,13-14,16H,9-12,15H2,1-4H3/q+1. The molecule has 0 saturated carbocycles. The topological polar surface area (TPSA) is 65.3 Å². The van der Waals surface area contributed by atoms with Gasteiger partial charge in [0.2, 0.25) is 11.8 Å². The first kappa shape index (κ1) is 20.3. The van der Waals surface area contributed by atoms with E-state index in [-0.39, 0.29) is 0 Å². The van der Waals surface area contributed by atoms with Gasteiger partial charge in [-0.05, 0) is 32.2 Å². The summed E-state index contributed by atoms with van der Waals surface area (Å²) in [5.74, 6) is 3.19. The van der Waals surface area contributed by atoms with Crippen molar-refractivity contribution in [2.75, 3.05) is 47.4 Å². The Hall–Kier alpha value is -2.97. The van der Waals surface area contributed by atoms with Crippen LogP contribution in [0.3, 0.4) is 0 Å². The number of nitrogens with zero attached hydrogens (tertiary/aromatic N) is 6. The fourth-order valence-corrected chi connectivity index (χ4v) is 4.02. The largest absolute Gasteiger partial charge is 0.493 e. The lowest BCUT2D eigenvalue weighted by atomic mass is 10.1. The first-order valence-corrected chi connectivity index (χ1v) is 10.1. The Balaban J connectivity index is 1.75.